The van der Waals surface area contributed by atoms with Gasteiger partial charge in [-0.3, -0.25) is 19.7 Å². The first kappa shape index (κ1) is 31.8. The molecule has 3 aliphatic heterocycles. The number of hydrogen-bond donors (Lipinski definition) is 2. The smallest absolute Gasteiger partial charge is 0.364 e. The molecule has 14 nitrogen and oxygen atoms in total. The topological polar surface area (TPSA) is 143 Å². The minimum Gasteiger partial charge on any atom is -0.364 e. The zero-order valence-electron chi connectivity index (χ0n) is 27.0. The van der Waals surface area contributed by atoms with Crippen molar-refractivity contribution in [1.82, 2.24) is 44.6 Å². The Bertz CT molecular complexity index is 1750. The average molecular weight is 681 g/mol. The van der Waals surface area contributed by atoms with E-state index >= 15 is 0 Å². The molecule has 260 valence electrons. The number of nitrogens with zero attached hydrogens (tertiary/aromatic N) is 10. The molecule has 17 heteroatoms. The molecule has 49 heavy (non-hydrogen) atoms. The Balaban J connectivity index is 0.858. The van der Waals surface area contributed by atoms with E-state index in [2.05, 4.69) is 36.9 Å². The third kappa shape index (κ3) is 6.27. The molecule has 2 bridgehead atoms. The number of halogens is 3. The van der Waals surface area contributed by atoms with Crippen LogP contribution in [0.5, 0.6) is 0 Å². The first-order valence-corrected chi connectivity index (χ1v) is 17.0. The molecule has 3 saturated heterocycles. The second-order valence-corrected chi connectivity index (χ2v) is 14.2. The van der Waals surface area contributed by atoms with Crippen LogP contribution in [0.3, 0.4) is 0 Å². The fourth-order valence-electron chi connectivity index (χ4n) is 7.69. The van der Waals surface area contributed by atoms with E-state index < -0.39 is 18.0 Å². The van der Waals surface area contributed by atoms with E-state index in [0.29, 0.717) is 63.1 Å². The van der Waals surface area contributed by atoms with E-state index in [-0.39, 0.29) is 48.7 Å². The summed E-state index contributed by atoms with van der Waals surface area (Å²) in [5, 5.41) is 23.5. The summed E-state index contributed by atoms with van der Waals surface area (Å²) in [5.41, 5.74) is 5.30. The van der Waals surface area contributed by atoms with Gasteiger partial charge >= 0.3 is 6.18 Å². The summed E-state index contributed by atoms with van der Waals surface area (Å²) in [4.78, 5) is 36.9. The van der Waals surface area contributed by atoms with E-state index in [1.54, 1.807) is 21.6 Å². The van der Waals surface area contributed by atoms with Crippen LogP contribution in [-0.2, 0) is 16.1 Å². The van der Waals surface area contributed by atoms with E-state index in [1.807, 2.05) is 28.1 Å². The number of rotatable bonds is 9. The number of amides is 2. The molecule has 8 rings (SSSR count). The lowest BCUT2D eigenvalue weighted by molar-refractivity contribution is -0.207. The number of nitrogens with one attached hydrogen (secondary N) is 2. The van der Waals surface area contributed by atoms with Crippen LogP contribution in [0.1, 0.15) is 38.5 Å². The number of fused-ring (bicyclic) bond motifs is 3. The Kier molecular flexibility index (Phi) is 7.90. The number of piperazine rings is 2. The molecule has 6 heterocycles. The fourth-order valence-corrected chi connectivity index (χ4v) is 7.69. The molecule has 0 aromatic carbocycles. The molecule has 0 radical (unpaired) electrons. The number of aromatic nitrogens is 5. The second-order valence-electron chi connectivity index (χ2n) is 14.2. The molecule has 5 fully saturated rings. The van der Waals surface area contributed by atoms with Crippen molar-refractivity contribution in [3.8, 4) is 6.07 Å². The van der Waals surface area contributed by atoms with Crippen LogP contribution >= 0.6 is 0 Å². The number of hydrogen-bond acceptors (Lipinski definition) is 10. The summed E-state index contributed by atoms with van der Waals surface area (Å²) in [6.07, 6.45) is 4.28. The average Bonchev–Trinajstić information content (AvgIpc) is 3.36. The first-order chi connectivity index (χ1) is 23.6. The van der Waals surface area contributed by atoms with Crippen LogP contribution in [0.15, 0.2) is 30.7 Å². The van der Waals surface area contributed by atoms with Gasteiger partial charge in [0, 0.05) is 76.2 Å². The Morgan fingerprint density at radius 1 is 1.08 bits per heavy atom. The quantitative estimate of drug-likeness (QED) is 0.346. The predicted molar refractivity (Wildman–Crippen MR) is 170 cm³/mol. The van der Waals surface area contributed by atoms with Crippen molar-refractivity contribution in [2.45, 2.75) is 63.3 Å². The molecule has 2 aliphatic carbocycles. The van der Waals surface area contributed by atoms with Gasteiger partial charge in [0.05, 0.1) is 35.0 Å². The summed E-state index contributed by atoms with van der Waals surface area (Å²) in [7, 11) is 0. The zero-order chi connectivity index (χ0) is 33.9. The molecule has 2 atom stereocenters. The third-order valence-corrected chi connectivity index (χ3v) is 10.9. The minimum absolute atomic E-state index is 0.0190. The number of pyridine rings is 1. The molecule has 2 unspecified atom stereocenters. The number of carbonyl (C=O) groups excluding carboxylic acids is 2. The van der Waals surface area contributed by atoms with Gasteiger partial charge in [-0.1, -0.05) is 0 Å². The van der Waals surface area contributed by atoms with E-state index in [4.69, 9.17) is 4.98 Å². The SMILES string of the molecule is N#CC1(CNN2CCN(C(=O)Cn3cc(Nc4nc5c(N6CC7CCC(C6)N7C(=O)C6CC(C(F)(F)F)C6)cccn5n4)cn3)CC2)CC1. The Hall–Kier alpha value is -4.43. The highest BCUT2D eigenvalue weighted by Crippen LogP contribution is 2.47. The second kappa shape index (κ2) is 12.2. The van der Waals surface area contributed by atoms with Gasteiger partial charge < -0.3 is 20.0 Å². The van der Waals surface area contributed by atoms with Crippen LogP contribution < -0.4 is 15.6 Å². The van der Waals surface area contributed by atoms with E-state index in [0.717, 1.165) is 31.4 Å². The van der Waals surface area contributed by atoms with Crippen molar-refractivity contribution in [1.29, 1.82) is 5.26 Å². The minimum atomic E-state index is -4.23. The first-order valence-electron chi connectivity index (χ1n) is 17.0. The van der Waals surface area contributed by atoms with Gasteiger partial charge in [-0.25, -0.2) is 9.52 Å². The monoisotopic (exact) mass is 680 g/mol. The number of anilines is 3. The Morgan fingerprint density at radius 3 is 2.49 bits per heavy atom. The van der Waals surface area contributed by atoms with Crippen LogP contribution in [0.25, 0.3) is 5.65 Å². The lowest BCUT2D eigenvalue weighted by Crippen LogP contribution is -2.58. The van der Waals surface area contributed by atoms with E-state index in [9.17, 15) is 28.0 Å². The van der Waals surface area contributed by atoms with Gasteiger partial charge in [0.1, 0.15) is 6.54 Å². The van der Waals surface area contributed by atoms with Gasteiger partial charge in [0.15, 0.2) is 5.65 Å². The van der Waals surface area contributed by atoms with Crippen molar-refractivity contribution in [3.63, 3.8) is 0 Å². The molecule has 3 aromatic heterocycles. The fraction of sp³-hybridized carbons (Fsp3) is 0.625. The summed E-state index contributed by atoms with van der Waals surface area (Å²) < 4.78 is 42.4. The van der Waals surface area contributed by atoms with Crippen molar-refractivity contribution in [3.05, 3.63) is 30.7 Å². The third-order valence-electron chi connectivity index (χ3n) is 10.9. The maximum absolute atomic E-state index is 13.2. The van der Waals surface area contributed by atoms with Crippen molar-refractivity contribution in [2.75, 3.05) is 56.0 Å². The summed E-state index contributed by atoms with van der Waals surface area (Å²) in [6, 6.07) is 6.16. The standard InChI is InChI=1S/C32H39F3N12O2/c33-32(34,35)22-12-21(13-22)29(49)47-24-3-4-25(47)17-43(16-24)26-2-1-7-46-28(26)40-30(41-46)39-23-14-37-45(15-23)18-27(48)42-8-10-44(11-9-42)38-20-31(19-36)5-6-31/h1-2,7,14-15,21-22,24-25,38H,3-6,8-13,16-18,20H2,(H,39,41). The molecular formula is C32H39F3N12O2. The highest BCUT2D eigenvalue weighted by atomic mass is 19.4. The van der Waals surface area contributed by atoms with Crippen molar-refractivity contribution >= 4 is 34.8 Å². The van der Waals surface area contributed by atoms with Crippen molar-refractivity contribution in [2.24, 2.45) is 17.3 Å². The summed E-state index contributed by atoms with van der Waals surface area (Å²) in [5.74, 6) is -1.68. The lowest BCUT2D eigenvalue weighted by Gasteiger charge is -2.45. The Labute approximate surface area is 280 Å². The number of hydrazine groups is 1. The Morgan fingerprint density at radius 2 is 1.82 bits per heavy atom. The maximum atomic E-state index is 13.2. The molecule has 3 aromatic rings. The van der Waals surface area contributed by atoms with Gasteiger partial charge in [-0.05, 0) is 50.7 Å². The predicted octanol–water partition coefficient (Wildman–Crippen LogP) is 2.39. The number of alkyl halides is 3. The van der Waals surface area contributed by atoms with Gasteiger partial charge in [-0.2, -0.15) is 28.5 Å². The number of nitriles is 1. The van der Waals surface area contributed by atoms with Gasteiger partial charge in [-0.15, -0.1) is 5.10 Å². The molecular weight excluding hydrogens is 641 g/mol. The molecule has 2 saturated carbocycles. The maximum Gasteiger partial charge on any atom is 0.391 e. The molecule has 2 N–H and O–H groups in total. The zero-order valence-corrected chi connectivity index (χ0v) is 27.0. The van der Waals surface area contributed by atoms with Gasteiger partial charge in [0.25, 0.3) is 0 Å². The lowest BCUT2D eigenvalue weighted by atomic mass is 9.73. The van der Waals surface area contributed by atoms with Crippen LogP contribution in [0.4, 0.5) is 30.5 Å². The van der Waals surface area contributed by atoms with Crippen LogP contribution in [0, 0.1) is 28.6 Å². The van der Waals surface area contributed by atoms with Crippen molar-refractivity contribution < 1.29 is 22.8 Å². The largest absolute Gasteiger partial charge is 0.391 e. The normalized spacial score (nSPS) is 26.4. The highest BCUT2D eigenvalue weighted by molar-refractivity contribution is 5.82. The highest BCUT2D eigenvalue weighted by Gasteiger charge is 2.53. The van der Waals surface area contributed by atoms with Crippen LogP contribution in [0.2, 0.25) is 0 Å². The summed E-state index contributed by atoms with van der Waals surface area (Å²) >= 11 is 0. The van der Waals surface area contributed by atoms with E-state index in [1.165, 1.54) is 0 Å². The summed E-state index contributed by atoms with van der Waals surface area (Å²) in [6.45, 7) is 4.52. The number of carbonyl (C=O) groups is 2. The molecule has 5 aliphatic rings. The van der Waals surface area contributed by atoms with Crippen LogP contribution in [-0.4, -0.2) is 115 Å². The van der Waals surface area contributed by atoms with Gasteiger partial charge in [0.2, 0.25) is 17.8 Å². The molecule has 0 spiro atoms. The molecule has 2 amide bonds.